The molecule has 0 saturated heterocycles. The first kappa shape index (κ1) is 16.4. The summed E-state index contributed by atoms with van der Waals surface area (Å²) < 4.78 is 5.13. The average Bonchev–Trinajstić information content (AvgIpc) is 2.45. The number of carbonyl (C=O) groups excluding carboxylic acids is 2. The number of carbonyl (C=O) groups is 2. The number of nitro benzene ring substituents is 1. The molecule has 1 rings (SSSR count). The fourth-order valence-electron chi connectivity index (χ4n) is 1.60. The third-order valence-corrected chi connectivity index (χ3v) is 2.50. The van der Waals surface area contributed by atoms with Crippen LogP contribution in [0.4, 0.5) is 5.69 Å². The van der Waals surface area contributed by atoms with Gasteiger partial charge in [0.1, 0.15) is 0 Å². The van der Waals surface area contributed by atoms with Crippen LogP contribution in [0.3, 0.4) is 0 Å². The van der Waals surface area contributed by atoms with Gasteiger partial charge in [-0.1, -0.05) is 0 Å². The van der Waals surface area contributed by atoms with Crippen LogP contribution in [0, 0.1) is 10.1 Å². The van der Waals surface area contributed by atoms with Gasteiger partial charge in [-0.3, -0.25) is 19.7 Å². The maximum absolute atomic E-state index is 11.8. The van der Waals surface area contributed by atoms with Crippen LogP contribution in [0.5, 0.6) is 5.75 Å². The molecule has 1 aromatic carbocycles. The first-order valence-electron chi connectivity index (χ1n) is 6.45. The lowest BCUT2D eigenvalue weighted by Gasteiger charge is -2.07. The molecular weight excluding hydrogens is 278 g/mol. The first-order valence-corrected chi connectivity index (χ1v) is 6.45. The van der Waals surface area contributed by atoms with Gasteiger partial charge in [0, 0.05) is 18.2 Å². The minimum atomic E-state index is -0.619. The van der Waals surface area contributed by atoms with Gasteiger partial charge in [-0.2, -0.15) is 0 Å². The second-order valence-electron chi connectivity index (χ2n) is 4.01. The summed E-state index contributed by atoms with van der Waals surface area (Å²) in [5, 5.41) is 15.9. The molecular formula is C13H17N3O5. The highest BCUT2D eigenvalue weighted by atomic mass is 16.6. The van der Waals surface area contributed by atoms with E-state index < -0.39 is 10.8 Å². The Hall–Kier alpha value is -2.64. The second-order valence-corrected chi connectivity index (χ2v) is 4.01. The summed E-state index contributed by atoms with van der Waals surface area (Å²) in [4.78, 5) is 33.4. The molecule has 0 aliphatic carbocycles. The number of rotatable bonds is 7. The van der Waals surface area contributed by atoms with Gasteiger partial charge in [-0.15, -0.1) is 0 Å². The van der Waals surface area contributed by atoms with Gasteiger partial charge >= 0.3 is 5.69 Å². The highest BCUT2D eigenvalue weighted by molar-refractivity contribution is 5.97. The Morgan fingerprint density at radius 2 is 2.00 bits per heavy atom. The maximum Gasteiger partial charge on any atom is 0.311 e. The Balaban J connectivity index is 2.83. The molecule has 8 nitrogen and oxygen atoms in total. The van der Waals surface area contributed by atoms with E-state index in [0.717, 1.165) is 6.07 Å². The molecule has 0 heterocycles. The van der Waals surface area contributed by atoms with E-state index in [9.17, 15) is 19.7 Å². The molecule has 0 fully saturated rings. The van der Waals surface area contributed by atoms with Gasteiger partial charge in [0.25, 0.3) is 5.91 Å². The van der Waals surface area contributed by atoms with Crippen LogP contribution < -0.4 is 15.4 Å². The first-order chi connectivity index (χ1) is 9.99. The number of amides is 2. The molecule has 0 saturated carbocycles. The summed E-state index contributed by atoms with van der Waals surface area (Å²) in [6, 6.07) is 3.89. The summed E-state index contributed by atoms with van der Waals surface area (Å²) in [6.07, 6.45) is 0. The average molecular weight is 295 g/mol. The van der Waals surface area contributed by atoms with Crippen molar-refractivity contribution < 1.29 is 19.2 Å². The van der Waals surface area contributed by atoms with E-state index in [1.54, 1.807) is 13.8 Å². The van der Waals surface area contributed by atoms with Crippen molar-refractivity contribution in [2.45, 2.75) is 13.8 Å². The standard InChI is InChI=1S/C13H17N3O5/c1-3-14-12(17)8-15-13(18)9-5-6-11(21-4-2)10(7-9)16(19)20/h5-7H,3-4,8H2,1-2H3,(H,14,17)(H,15,18). The second kappa shape index (κ2) is 7.83. The Morgan fingerprint density at radius 3 is 2.57 bits per heavy atom. The molecule has 114 valence electrons. The Kier molecular flexibility index (Phi) is 6.12. The normalized spacial score (nSPS) is 9.81. The third kappa shape index (κ3) is 4.75. The van der Waals surface area contributed by atoms with Crippen LogP contribution >= 0.6 is 0 Å². The lowest BCUT2D eigenvalue weighted by molar-refractivity contribution is -0.385. The molecule has 2 N–H and O–H groups in total. The number of benzene rings is 1. The van der Waals surface area contributed by atoms with Crippen molar-refractivity contribution in [2.24, 2.45) is 0 Å². The number of hydrogen-bond acceptors (Lipinski definition) is 5. The van der Waals surface area contributed by atoms with E-state index in [2.05, 4.69) is 10.6 Å². The number of nitrogens with zero attached hydrogens (tertiary/aromatic N) is 1. The summed E-state index contributed by atoms with van der Waals surface area (Å²) in [7, 11) is 0. The number of nitrogens with one attached hydrogen (secondary N) is 2. The van der Waals surface area contributed by atoms with Gasteiger partial charge in [0.2, 0.25) is 5.91 Å². The van der Waals surface area contributed by atoms with Gasteiger partial charge in [-0.25, -0.2) is 0 Å². The maximum atomic E-state index is 11.8. The van der Waals surface area contributed by atoms with E-state index >= 15 is 0 Å². The van der Waals surface area contributed by atoms with Gasteiger partial charge in [0.15, 0.2) is 5.75 Å². The van der Waals surface area contributed by atoms with Gasteiger partial charge < -0.3 is 15.4 Å². The smallest absolute Gasteiger partial charge is 0.311 e. The van der Waals surface area contributed by atoms with Crippen LogP contribution in [0.2, 0.25) is 0 Å². The van der Waals surface area contributed by atoms with Crippen LogP contribution in [0.25, 0.3) is 0 Å². The SMILES string of the molecule is CCNC(=O)CNC(=O)c1ccc(OCC)c([N+](=O)[O-])c1. The van der Waals surface area contributed by atoms with Gasteiger partial charge in [0.05, 0.1) is 18.1 Å². The van der Waals surface area contributed by atoms with Crippen molar-refractivity contribution in [1.29, 1.82) is 0 Å². The molecule has 0 spiro atoms. The summed E-state index contributed by atoms with van der Waals surface area (Å²) in [5.41, 5.74) is -0.197. The quantitative estimate of drug-likeness (QED) is 0.572. The predicted molar refractivity (Wildman–Crippen MR) is 75.3 cm³/mol. The molecule has 21 heavy (non-hydrogen) atoms. The lowest BCUT2D eigenvalue weighted by atomic mass is 10.1. The molecule has 0 unspecified atom stereocenters. The van der Waals surface area contributed by atoms with Crippen molar-refractivity contribution in [3.63, 3.8) is 0 Å². The molecule has 2 amide bonds. The topological polar surface area (TPSA) is 111 Å². The zero-order valence-corrected chi connectivity index (χ0v) is 11.8. The van der Waals surface area contributed by atoms with Crippen LogP contribution in [0.1, 0.15) is 24.2 Å². The molecule has 0 aliphatic rings. The highest BCUT2D eigenvalue weighted by Crippen LogP contribution is 2.27. The van der Waals surface area contributed by atoms with E-state index in [1.165, 1.54) is 12.1 Å². The Morgan fingerprint density at radius 1 is 1.29 bits per heavy atom. The summed E-state index contributed by atoms with van der Waals surface area (Å²) >= 11 is 0. The number of nitro groups is 1. The largest absolute Gasteiger partial charge is 0.487 e. The third-order valence-electron chi connectivity index (χ3n) is 2.50. The van der Waals surface area contributed by atoms with Crippen LogP contribution in [0.15, 0.2) is 18.2 Å². The predicted octanol–water partition coefficient (Wildman–Crippen LogP) is 0.859. The van der Waals surface area contributed by atoms with Crippen molar-refractivity contribution in [3.05, 3.63) is 33.9 Å². The van der Waals surface area contributed by atoms with Crippen molar-refractivity contribution in [2.75, 3.05) is 19.7 Å². The van der Waals surface area contributed by atoms with Gasteiger partial charge in [-0.05, 0) is 26.0 Å². The molecule has 0 radical (unpaired) electrons. The van der Waals surface area contributed by atoms with Crippen molar-refractivity contribution in [1.82, 2.24) is 10.6 Å². The minimum absolute atomic E-state index is 0.0921. The highest BCUT2D eigenvalue weighted by Gasteiger charge is 2.18. The van der Waals surface area contributed by atoms with E-state index in [-0.39, 0.29) is 36.1 Å². The van der Waals surface area contributed by atoms with E-state index in [1.807, 2.05) is 0 Å². The molecule has 0 aliphatic heterocycles. The fourth-order valence-corrected chi connectivity index (χ4v) is 1.60. The lowest BCUT2D eigenvalue weighted by Crippen LogP contribution is -2.36. The summed E-state index contributed by atoms with van der Waals surface area (Å²) in [6.45, 7) is 4.02. The van der Waals surface area contributed by atoms with Crippen LogP contribution in [-0.2, 0) is 4.79 Å². The Bertz CT molecular complexity index is 545. The summed E-state index contributed by atoms with van der Waals surface area (Å²) in [5.74, 6) is -0.790. The zero-order chi connectivity index (χ0) is 15.8. The van der Waals surface area contributed by atoms with E-state index in [0.29, 0.717) is 6.54 Å². The molecule has 1 aromatic rings. The fraction of sp³-hybridized carbons (Fsp3) is 0.385. The minimum Gasteiger partial charge on any atom is -0.487 e. The molecule has 0 bridgehead atoms. The molecule has 0 atom stereocenters. The van der Waals surface area contributed by atoms with Crippen LogP contribution in [-0.4, -0.2) is 36.4 Å². The monoisotopic (exact) mass is 295 g/mol. The number of ether oxygens (including phenoxy) is 1. The molecule has 8 heteroatoms. The number of hydrogen-bond donors (Lipinski definition) is 2. The number of likely N-dealkylation sites (N-methyl/N-ethyl adjacent to an activating group) is 1. The Labute approximate surface area is 121 Å². The van der Waals surface area contributed by atoms with E-state index in [4.69, 9.17) is 4.74 Å². The molecule has 0 aromatic heterocycles. The van der Waals surface area contributed by atoms with Crippen molar-refractivity contribution >= 4 is 17.5 Å². The zero-order valence-electron chi connectivity index (χ0n) is 11.8. The van der Waals surface area contributed by atoms with Crippen molar-refractivity contribution in [3.8, 4) is 5.75 Å².